The summed E-state index contributed by atoms with van der Waals surface area (Å²) in [6.45, 7) is 8.11. The monoisotopic (exact) mass is 772 g/mol. The molecule has 3 aromatic rings. The number of ether oxygens (including phenoxy) is 3. The predicted octanol–water partition coefficient (Wildman–Crippen LogP) is 6.96. The zero-order valence-corrected chi connectivity index (χ0v) is 25.2. The molecule has 0 aliphatic carbocycles. The van der Waals surface area contributed by atoms with E-state index in [1.54, 1.807) is 7.11 Å². The number of halogens is 1. The molecular formula is C25H27IO5U. The van der Waals surface area contributed by atoms with E-state index < -0.39 is 27.8 Å². The Morgan fingerprint density at radius 3 is 1.59 bits per heavy atom. The fraction of sp³-hybridized carbons (Fsp3) is 0.280. The van der Waals surface area contributed by atoms with E-state index in [0.717, 1.165) is 17.2 Å². The Labute approximate surface area is 219 Å². The second kappa shape index (κ2) is 14.7. The van der Waals surface area contributed by atoms with E-state index in [1.807, 2.05) is 100 Å². The summed E-state index contributed by atoms with van der Waals surface area (Å²) < 4.78 is 33.7. The predicted molar refractivity (Wildman–Crippen MR) is 127 cm³/mol. The summed E-state index contributed by atoms with van der Waals surface area (Å²) in [5.41, 5.74) is 0.994. The zero-order chi connectivity index (χ0) is 24.0. The fourth-order valence-corrected chi connectivity index (χ4v) is 2.59. The molecule has 0 amide bonds. The number of hydrogen-bond acceptors (Lipinski definition) is 5. The molecule has 0 saturated heterocycles. The molecule has 0 atom stereocenters. The van der Waals surface area contributed by atoms with E-state index in [2.05, 4.69) is 34.7 Å². The van der Waals surface area contributed by atoms with Crippen LogP contribution in [0.2, 0.25) is 0 Å². The summed E-state index contributed by atoms with van der Waals surface area (Å²) in [5.74, 6) is 2.43. The first kappa shape index (κ1) is 28.6. The molecular weight excluding hydrogens is 745 g/mol. The Kier molecular flexibility index (Phi) is 13.1. The molecule has 3 aromatic carbocycles. The van der Waals surface area contributed by atoms with Gasteiger partial charge in [-0.1, -0.05) is 0 Å². The minimum absolute atomic E-state index is 0.185. The Balaban J connectivity index is 0.000000312. The molecule has 32 heavy (non-hydrogen) atoms. The zero-order valence-electron chi connectivity index (χ0n) is 18.8. The van der Waals surface area contributed by atoms with E-state index in [9.17, 15) is 0 Å². The average Bonchev–Trinajstić information content (AvgIpc) is 2.76. The second-order valence-corrected chi connectivity index (χ2v) is 10.7. The Morgan fingerprint density at radius 2 is 1.16 bits per heavy atom. The molecule has 7 heteroatoms. The van der Waals surface area contributed by atoms with Gasteiger partial charge in [0.1, 0.15) is 11.5 Å². The molecule has 0 heterocycles. The normalized spacial score (nSPS) is 10.4. The van der Waals surface area contributed by atoms with Gasteiger partial charge in [0.25, 0.3) is 0 Å². The third kappa shape index (κ3) is 12.0. The molecule has 168 valence electrons. The molecule has 0 aliphatic rings. The van der Waals surface area contributed by atoms with Crippen LogP contribution < -0.4 is 9.47 Å². The topological polar surface area (TPSA) is 61.8 Å². The SMILES string of the molecule is CC(C)(I)Oc1ccc(Oc2cc[c-]cc2)cc1.COC(C)(C)c1cc[c-]cc1.[O]=[U+2]=[O]. The Hall–Kier alpha value is -1.40. The van der Waals surface area contributed by atoms with Crippen LogP contribution in [-0.4, -0.2) is 10.7 Å². The molecule has 0 aromatic heterocycles. The van der Waals surface area contributed by atoms with Gasteiger partial charge < -0.3 is 14.2 Å². The van der Waals surface area contributed by atoms with Gasteiger partial charge in [0, 0.05) is 12.9 Å². The maximum atomic E-state index is 8.58. The molecule has 0 spiro atoms. The van der Waals surface area contributed by atoms with Gasteiger partial charge in [-0.15, -0.1) is 17.7 Å². The molecule has 5 nitrogen and oxygen atoms in total. The van der Waals surface area contributed by atoms with Crippen molar-refractivity contribution in [2.45, 2.75) is 36.9 Å². The van der Waals surface area contributed by atoms with Crippen LogP contribution in [0.4, 0.5) is 0 Å². The van der Waals surface area contributed by atoms with Gasteiger partial charge in [-0.25, -0.2) is 0 Å². The van der Waals surface area contributed by atoms with Crippen LogP contribution in [0.1, 0.15) is 33.3 Å². The quantitative estimate of drug-likeness (QED) is 0.154. The molecule has 0 N–H and O–H groups in total. The van der Waals surface area contributed by atoms with Gasteiger partial charge >= 0.3 is 32.3 Å². The minimum atomic E-state index is -2.51. The second-order valence-electron chi connectivity index (χ2n) is 7.36. The molecule has 3 rings (SSSR count). The van der Waals surface area contributed by atoms with Crippen molar-refractivity contribution in [3.05, 3.63) is 90.5 Å². The van der Waals surface area contributed by atoms with E-state index in [4.69, 9.17) is 18.7 Å². The van der Waals surface area contributed by atoms with Crippen molar-refractivity contribution in [3.63, 3.8) is 0 Å². The van der Waals surface area contributed by atoms with Gasteiger partial charge in [0.05, 0.1) is 5.60 Å². The van der Waals surface area contributed by atoms with Crippen LogP contribution in [0, 0.1) is 40.0 Å². The van der Waals surface area contributed by atoms with Gasteiger partial charge in [-0.2, -0.15) is 48.5 Å². The summed E-state index contributed by atoms with van der Waals surface area (Å²) in [7, 11) is 1.72. The van der Waals surface area contributed by atoms with E-state index >= 15 is 0 Å². The van der Waals surface area contributed by atoms with Crippen LogP contribution in [0.3, 0.4) is 0 Å². The van der Waals surface area contributed by atoms with Gasteiger partial charge in [-0.3, -0.25) is 0 Å². The summed E-state index contributed by atoms with van der Waals surface area (Å²) in [6, 6.07) is 28.8. The Morgan fingerprint density at radius 1 is 0.750 bits per heavy atom. The van der Waals surface area contributed by atoms with Crippen molar-refractivity contribution in [2.24, 2.45) is 0 Å². The Bertz CT molecular complexity index is 934. The first-order valence-electron chi connectivity index (χ1n) is 9.74. The number of benzene rings is 3. The van der Waals surface area contributed by atoms with Crippen LogP contribution in [-0.2, 0) is 14.8 Å². The van der Waals surface area contributed by atoms with Crippen molar-refractivity contribution in [2.75, 3.05) is 7.11 Å². The summed E-state index contributed by atoms with van der Waals surface area (Å²) in [6.07, 6.45) is 0. The number of methoxy groups -OCH3 is 1. The van der Waals surface area contributed by atoms with Crippen molar-refractivity contribution < 1.29 is 46.5 Å². The van der Waals surface area contributed by atoms with Crippen molar-refractivity contribution in [3.8, 4) is 17.2 Å². The van der Waals surface area contributed by atoms with Crippen LogP contribution >= 0.6 is 22.6 Å². The number of alkyl halides is 1. The molecule has 0 radical (unpaired) electrons. The van der Waals surface area contributed by atoms with E-state index in [-0.39, 0.29) is 9.21 Å². The molecule has 0 saturated carbocycles. The van der Waals surface area contributed by atoms with Crippen LogP contribution in [0.5, 0.6) is 17.2 Å². The molecule has 0 bridgehead atoms. The molecule has 0 unspecified atom stereocenters. The van der Waals surface area contributed by atoms with Gasteiger partial charge in [-0.05, 0) is 74.6 Å². The first-order chi connectivity index (χ1) is 15.1. The van der Waals surface area contributed by atoms with E-state index in [0.29, 0.717) is 0 Å². The van der Waals surface area contributed by atoms with Crippen molar-refractivity contribution >= 4 is 22.6 Å². The van der Waals surface area contributed by atoms with Crippen molar-refractivity contribution in [1.82, 2.24) is 0 Å². The summed E-state index contributed by atoms with van der Waals surface area (Å²) in [5, 5.41) is 0. The number of rotatable bonds is 6. The number of hydrogen-bond donors (Lipinski definition) is 0. The summed E-state index contributed by atoms with van der Waals surface area (Å²) >= 11 is -0.255. The van der Waals surface area contributed by atoms with Crippen LogP contribution in [0.15, 0.2) is 72.8 Å². The summed E-state index contributed by atoms with van der Waals surface area (Å²) in [4.78, 5) is 0. The molecule has 0 aliphatic heterocycles. The standard InChI is InChI=1S/C15H14IO2.C10H13O.2O.U/c1-15(2,16)18-14-10-8-13(9-11-14)17-12-6-4-3-5-7-12;1-10(2,11-3)9-7-5-4-6-8-9;;;/h4-11H,1-2H3;5-8H,1-3H3;;;/q2*-1;;;+2. The average molecular weight is 772 g/mol. The van der Waals surface area contributed by atoms with Crippen LogP contribution in [0.25, 0.3) is 0 Å². The van der Waals surface area contributed by atoms with E-state index in [1.165, 1.54) is 5.56 Å². The maximum absolute atomic E-state index is 8.58. The van der Waals surface area contributed by atoms with Gasteiger partial charge in [0.2, 0.25) is 0 Å². The first-order valence-corrected chi connectivity index (χ1v) is 14.2. The fourth-order valence-electron chi connectivity index (χ4n) is 2.34. The third-order valence-corrected chi connectivity index (χ3v) is 4.25. The molecule has 0 fully saturated rings. The van der Waals surface area contributed by atoms with Gasteiger partial charge in [0.15, 0.2) is 3.61 Å². The van der Waals surface area contributed by atoms with Crippen molar-refractivity contribution in [1.29, 1.82) is 0 Å². The third-order valence-electron chi connectivity index (χ3n) is 4.03.